The van der Waals surface area contributed by atoms with Crippen LogP contribution in [0.25, 0.3) is 0 Å². The van der Waals surface area contributed by atoms with Crippen molar-refractivity contribution in [2.45, 2.75) is 32.9 Å². The van der Waals surface area contributed by atoms with Crippen molar-refractivity contribution in [3.05, 3.63) is 82.5 Å². The zero-order chi connectivity index (χ0) is 18.6. The topological polar surface area (TPSA) is 61.0 Å². The lowest BCUT2D eigenvalue weighted by Gasteiger charge is -2.15. The number of hydrogen-bond donors (Lipinski definition) is 2. The van der Waals surface area contributed by atoms with Crippen molar-refractivity contribution in [3.63, 3.8) is 0 Å². The van der Waals surface area contributed by atoms with Crippen LogP contribution in [0.15, 0.2) is 54.6 Å². The molecule has 0 saturated heterocycles. The van der Waals surface area contributed by atoms with Crippen LogP contribution in [0.3, 0.4) is 0 Å². The van der Waals surface area contributed by atoms with Gasteiger partial charge in [0.25, 0.3) is 0 Å². The second-order valence-corrected chi connectivity index (χ2v) is 7.13. The van der Waals surface area contributed by atoms with Gasteiger partial charge in [0, 0.05) is 25.2 Å². The number of rotatable bonds is 6. The maximum atomic E-state index is 12.4. The zero-order valence-electron chi connectivity index (χ0n) is 15.5. The summed E-state index contributed by atoms with van der Waals surface area (Å²) in [7, 11) is 0. The van der Waals surface area contributed by atoms with E-state index in [9.17, 15) is 4.79 Å². The summed E-state index contributed by atoms with van der Waals surface area (Å²) < 4.78 is 0. The summed E-state index contributed by atoms with van der Waals surface area (Å²) in [4.78, 5) is 14.8. The van der Waals surface area contributed by atoms with Gasteiger partial charge >= 0.3 is 0 Å². The van der Waals surface area contributed by atoms with Gasteiger partial charge in [-0.1, -0.05) is 54.6 Å². The summed E-state index contributed by atoms with van der Waals surface area (Å²) in [5.41, 5.74) is 5.74. The zero-order valence-corrected chi connectivity index (χ0v) is 15.5. The lowest BCUT2D eigenvalue weighted by Crippen LogP contribution is -2.21. The smallest absolute Gasteiger partial charge is 0.230 e. The third-order valence-corrected chi connectivity index (χ3v) is 5.15. The lowest BCUT2D eigenvalue weighted by atomic mass is 10.1. The van der Waals surface area contributed by atoms with E-state index in [0.29, 0.717) is 12.2 Å². The molecular weight excluding hydrogens is 336 g/mol. The van der Waals surface area contributed by atoms with Crippen LogP contribution >= 0.6 is 0 Å². The molecule has 1 aliphatic rings. The highest BCUT2D eigenvalue weighted by Gasteiger charge is 2.25. The van der Waals surface area contributed by atoms with E-state index >= 15 is 0 Å². The molecule has 2 aromatic carbocycles. The molecule has 0 unspecified atom stereocenters. The largest absolute Gasteiger partial charge is 0.309 e. The minimum Gasteiger partial charge on any atom is -0.309 e. The Morgan fingerprint density at radius 1 is 1.11 bits per heavy atom. The Hall–Kier alpha value is -2.92. The maximum Gasteiger partial charge on any atom is 0.230 e. The molecule has 0 spiro atoms. The minimum atomic E-state index is -0.0265. The fourth-order valence-corrected chi connectivity index (χ4v) is 3.56. The van der Waals surface area contributed by atoms with Crippen LogP contribution < -0.4 is 5.32 Å². The quantitative estimate of drug-likeness (QED) is 0.708. The van der Waals surface area contributed by atoms with Crippen LogP contribution in [0.5, 0.6) is 0 Å². The summed E-state index contributed by atoms with van der Waals surface area (Å²) in [6.45, 7) is 4.68. The first-order chi connectivity index (χ1) is 13.2. The van der Waals surface area contributed by atoms with Crippen LogP contribution in [0.2, 0.25) is 0 Å². The predicted octanol–water partition coefficient (Wildman–Crippen LogP) is 3.46. The minimum absolute atomic E-state index is 0.0265. The molecule has 0 atom stereocenters. The van der Waals surface area contributed by atoms with Gasteiger partial charge in [0.15, 0.2) is 5.82 Å². The fourth-order valence-electron chi connectivity index (χ4n) is 3.56. The standard InChI is InChI=1S/C22H24N4O/c1-16-7-5-6-10-18(16)13-21(27)23-22-19-14-26(15-20(19)24-25-22)12-11-17-8-3-2-4-9-17/h2-10H,11-15H2,1H3,(H2,23,24,25,27). The summed E-state index contributed by atoms with van der Waals surface area (Å²) in [6, 6.07) is 18.5. The molecule has 1 aromatic heterocycles. The molecule has 0 radical (unpaired) electrons. The highest BCUT2D eigenvalue weighted by Crippen LogP contribution is 2.27. The Kier molecular flexibility index (Phi) is 5.03. The van der Waals surface area contributed by atoms with E-state index in [-0.39, 0.29) is 5.91 Å². The predicted molar refractivity (Wildman–Crippen MR) is 106 cm³/mol. The molecule has 4 rings (SSSR count). The SMILES string of the molecule is Cc1ccccc1CC(=O)Nc1n[nH]c2c1CN(CCc1ccccc1)C2. The van der Waals surface area contributed by atoms with Crippen molar-refractivity contribution in [2.75, 3.05) is 11.9 Å². The first-order valence-corrected chi connectivity index (χ1v) is 9.36. The summed E-state index contributed by atoms with van der Waals surface area (Å²) in [5.74, 6) is 0.645. The molecule has 3 aromatic rings. The molecule has 138 valence electrons. The number of aryl methyl sites for hydroxylation is 1. The molecule has 0 saturated carbocycles. The van der Waals surface area contributed by atoms with E-state index in [1.54, 1.807) is 0 Å². The number of H-pyrrole nitrogens is 1. The monoisotopic (exact) mass is 360 g/mol. The van der Waals surface area contributed by atoms with Crippen molar-refractivity contribution in [2.24, 2.45) is 0 Å². The van der Waals surface area contributed by atoms with Crippen molar-refractivity contribution in [1.29, 1.82) is 0 Å². The first-order valence-electron chi connectivity index (χ1n) is 9.36. The van der Waals surface area contributed by atoms with Gasteiger partial charge < -0.3 is 5.32 Å². The van der Waals surface area contributed by atoms with Crippen LogP contribution in [-0.4, -0.2) is 27.5 Å². The Morgan fingerprint density at radius 2 is 1.89 bits per heavy atom. The van der Waals surface area contributed by atoms with Crippen LogP contribution in [0.4, 0.5) is 5.82 Å². The number of nitrogens with one attached hydrogen (secondary N) is 2. The van der Waals surface area contributed by atoms with Crippen molar-refractivity contribution in [1.82, 2.24) is 15.1 Å². The lowest BCUT2D eigenvalue weighted by molar-refractivity contribution is -0.115. The third-order valence-electron chi connectivity index (χ3n) is 5.15. The number of carbonyl (C=O) groups excluding carboxylic acids is 1. The van der Waals surface area contributed by atoms with E-state index < -0.39 is 0 Å². The number of anilines is 1. The highest BCUT2D eigenvalue weighted by molar-refractivity contribution is 5.92. The molecule has 2 heterocycles. The molecule has 0 fully saturated rings. The Bertz CT molecular complexity index is 932. The van der Waals surface area contributed by atoms with Crippen molar-refractivity contribution >= 4 is 11.7 Å². The third kappa shape index (κ3) is 4.09. The molecule has 2 N–H and O–H groups in total. The molecule has 27 heavy (non-hydrogen) atoms. The van der Waals surface area contributed by atoms with Gasteiger partial charge in [-0.3, -0.25) is 14.8 Å². The fraction of sp³-hybridized carbons (Fsp3) is 0.273. The number of nitrogens with zero attached hydrogens (tertiary/aromatic N) is 2. The summed E-state index contributed by atoms with van der Waals surface area (Å²) >= 11 is 0. The van der Waals surface area contributed by atoms with E-state index in [1.165, 1.54) is 5.56 Å². The van der Waals surface area contributed by atoms with Gasteiger partial charge in [-0.2, -0.15) is 5.10 Å². The molecule has 5 heteroatoms. The average Bonchev–Trinajstić information content (AvgIpc) is 3.24. The second-order valence-electron chi connectivity index (χ2n) is 7.13. The van der Waals surface area contributed by atoms with Crippen molar-refractivity contribution in [3.8, 4) is 0 Å². The van der Waals surface area contributed by atoms with Crippen LogP contribution in [0.1, 0.15) is 27.9 Å². The van der Waals surface area contributed by atoms with Crippen molar-refractivity contribution < 1.29 is 4.79 Å². The van der Waals surface area contributed by atoms with E-state index in [0.717, 1.165) is 48.4 Å². The average molecular weight is 360 g/mol. The molecule has 0 bridgehead atoms. The molecule has 1 aliphatic heterocycles. The van der Waals surface area contributed by atoms with E-state index in [2.05, 4.69) is 44.7 Å². The van der Waals surface area contributed by atoms with E-state index in [1.807, 2.05) is 37.3 Å². The van der Waals surface area contributed by atoms with Crippen LogP contribution in [-0.2, 0) is 30.7 Å². The van der Waals surface area contributed by atoms with Gasteiger partial charge in [-0.25, -0.2) is 0 Å². The number of amides is 1. The number of carbonyl (C=O) groups is 1. The van der Waals surface area contributed by atoms with Gasteiger partial charge in [-0.15, -0.1) is 0 Å². The Labute approximate surface area is 159 Å². The van der Waals surface area contributed by atoms with Gasteiger partial charge in [0.05, 0.1) is 12.1 Å². The Balaban J connectivity index is 1.35. The number of fused-ring (bicyclic) bond motifs is 1. The Morgan fingerprint density at radius 3 is 2.70 bits per heavy atom. The second kappa shape index (κ2) is 7.76. The van der Waals surface area contributed by atoms with Crippen LogP contribution in [0, 0.1) is 6.92 Å². The molecule has 5 nitrogen and oxygen atoms in total. The van der Waals surface area contributed by atoms with Gasteiger partial charge in [0.2, 0.25) is 5.91 Å². The number of hydrogen-bond acceptors (Lipinski definition) is 3. The van der Waals surface area contributed by atoms with Gasteiger partial charge in [-0.05, 0) is 30.0 Å². The summed E-state index contributed by atoms with van der Waals surface area (Å²) in [6.07, 6.45) is 1.39. The normalized spacial score (nSPS) is 13.5. The first kappa shape index (κ1) is 17.5. The molecule has 0 aliphatic carbocycles. The number of aromatic nitrogens is 2. The summed E-state index contributed by atoms with van der Waals surface area (Å²) in [5, 5.41) is 10.4. The van der Waals surface area contributed by atoms with E-state index in [4.69, 9.17) is 0 Å². The van der Waals surface area contributed by atoms with Gasteiger partial charge in [0.1, 0.15) is 0 Å². The molecular formula is C22H24N4O. The number of benzene rings is 2. The molecule has 1 amide bonds. The highest BCUT2D eigenvalue weighted by atomic mass is 16.1. The maximum absolute atomic E-state index is 12.4. The number of aromatic amines is 1.